The Bertz CT molecular complexity index is 469. The van der Waals surface area contributed by atoms with Gasteiger partial charge in [-0.3, -0.25) is 9.59 Å². The molecule has 0 saturated carbocycles. The minimum absolute atomic E-state index is 0.0210. The number of amides is 2. The van der Waals surface area contributed by atoms with Crippen LogP contribution in [0.15, 0.2) is 24.3 Å². The first kappa shape index (κ1) is 14.5. The van der Waals surface area contributed by atoms with E-state index in [-0.39, 0.29) is 18.4 Å². The van der Waals surface area contributed by atoms with Crippen LogP contribution >= 0.6 is 0 Å². The molecule has 0 spiro atoms. The Kier molecular flexibility index (Phi) is 5.09. The van der Waals surface area contributed by atoms with Crippen LogP contribution in [0.5, 0.6) is 0 Å². The Labute approximate surface area is 117 Å². The molecule has 108 valence electrons. The largest absolute Gasteiger partial charge is 0.375 e. The van der Waals surface area contributed by atoms with Crippen LogP contribution in [0.25, 0.3) is 0 Å². The number of rotatable bonds is 6. The first-order chi connectivity index (χ1) is 9.67. The second-order valence-corrected chi connectivity index (χ2v) is 4.84. The first-order valence-corrected chi connectivity index (χ1v) is 6.57. The van der Waals surface area contributed by atoms with Gasteiger partial charge in [-0.1, -0.05) is 0 Å². The number of nitrogens with one attached hydrogen (secondary N) is 3. The standard InChI is InChI=1S/C14H19N3O3/c1-20-9-14(19)17-12-4-2-11(3-5-12)16-13(18)6-10-7-15-8-10/h2-5,10,15H,6-9H2,1H3,(H,16,18)(H,17,19). The van der Waals surface area contributed by atoms with Gasteiger partial charge in [0.05, 0.1) is 0 Å². The molecule has 20 heavy (non-hydrogen) atoms. The van der Waals surface area contributed by atoms with E-state index in [1.54, 1.807) is 24.3 Å². The third kappa shape index (κ3) is 4.32. The number of benzene rings is 1. The molecule has 0 radical (unpaired) electrons. The molecule has 1 heterocycles. The van der Waals surface area contributed by atoms with Crippen molar-refractivity contribution in [2.45, 2.75) is 6.42 Å². The Hall–Kier alpha value is -1.92. The van der Waals surface area contributed by atoms with Crippen molar-refractivity contribution in [3.8, 4) is 0 Å². The molecular weight excluding hydrogens is 258 g/mol. The van der Waals surface area contributed by atoms with Gasteiger partial charge >= 0.3 is 0 Å². The maximum absolute atomic E-state index is 11.7. The molecule has 0 bridgehead atoms. The number of methoxy groups -OCH3 is 1. The van der Waals surface area contributed by atoms with Gasteiger partial charge in [0.25, 0.3) is 0 Å². The van der Waals surface area contributed by atoms with Crippen LogP contribution in [0.2, 0.25) is 0 Å². The van der Waals surface area contributed by atoms with Gasteiger partial charge in [-0.05, 0) is 43.3 Å². The summed E-state index contributed by atoms with van der Waals surface area (Å²) in [6, 6.07) is 7.01. The van der Waals surface area contributed by atoms with Crippen molar-refractivity contribution in [1.29, 1.82) is 0 Å². The lowest BCUT2D eigenvalue weighted by atomic mass is 9.99. The smallest absolute Gasteiger partial charge is 0.250 e. The van der Waals surface area contributed by atoms with Crippen molar-refractivity contribution < 1.29 is 14.3 Å². The summed E-state index contributed by atoms with van der Waals surface area (Å²) in [5.41, 5.74) is 1.40. The Balaban J connectivity index is 1.81. The fraction of sp³-hybridized carbons (Fsp3) is 0.429. The molecule has 1 fully saturated rings. The SMILES string of the molecule is COCC(=O)Nc1ccc(NC(=O)CC2CNC2)cc1. The molecule has 1 saturated heterocycles. The molecule has 0 unspecified atom stereocenters. The highest BCUT2D eigenvalue weighted by Gasteiger charge is 2.19. The van der Waals surface area contributed by atoms with Gasteiger partial charge in [-0.15, -0.1) is 0 Å². The van der Waals surface area contributed by atoms with Gasteiger partial charge in [0.15, 0.2) is 0 Å². The lowest BCUT2D eigenvalue weighted by Crippen LogP contribution is -2.43. The van der Waals surface area contributed by atoms with Crippen molar-refractivity contribution >= 4 is 23.2 Å². The number of ether oxygens (including phenoxy) is 1. The molecule has 0 atom stereocenters. The summed E-state index contributed by atoms with van der Waals surface area (Å²) >= 11 is 0. The molecule has 3 N–H and O–H groups in total. The second kappa shape index (κ2) is 7.02. The number of hydrogen-bond acceptors (Lipinski definition) is 4. The van der Waals surface area contributed by atoms with Crippen molar-refractivity contribution in [3.63, 3.8) is 0 Å². The van der Waals surface area contributed by atoms with E-state index < -0.39 is 0 Å². The van der Waals surface area contributed by atoms with Crippen LogP contribution in [-0.4, -0.2) is 38.6 Å². The molecular formula is C14H19N3O3. The van der Waals surface area contributed by atoms with E-state index >= 15 is 0 Å². The fourth-order valence-corrected chi connectivity index (χ4v) is 1.93. The number of carbonyl (C=O) groups is 2. The second-order valence-electron chi connectivity index (χ2n) is 4.84. The summed E-state index contributed by atoms with van der Waals surface area (Å²) in [6.07, 6.45) is 0.541. The monoisotopic (exact) mass is 277 g/mol. The Morgan fingerprint density at radius 1 is 1.15 bits per heavy atom. The van der Waals surface area contributed by atoms with Crippen molar-refractivity contribution in [2.24, 2.45) is 5.92 Å². The van der Waals surface area contributed by atoms with E-state index in [1.165, 1.54) is 7.11 Å². The molecule has 1 aromatic carbocycles. The molecule has 1 aliphatic heterocycles. The fourth-order valence-electron chi connectivity index (χ4n) is 1.93. The predicted molar refractivity (Wildman–Crippen MR) is 76.6 cm³/mol. The quantitative estimate of drug-likeness (QED) is 0.719. The van der Waals surface area contributed by atoms with Crippen LogP contribution in [0.3, 0.4) is 0 Å². The molecule has 6 heteroatoms. The van der Waals surface area contributed by atoms with Crippen LogP contribution in [0.1, 0.15) is 6.42 Å². The molecule has 1 aliphatic rings. The maximum atomic E-state index is 11.7. The van der Waals surface area contributed by atoms with E-state index in [4.69, 9.17) is 4.74 Å². The zero-order valence-electron chi connectivity index (χ0n) is 11.4. The average Bonchev–Trinajstić information content (AvgIpc) is 2.37. The van der Waals surface area contributed by atoms with Gasteiger partial charge in [0.2, 0.25) is 11.8 Å². The summed E-state index contributed by atoms with van der Waals surface area (Å²) in [7, 11) is 1.47. The number of carbonyl (C=O) groups excluding carboxylic acids is 2. The zero-order chi connectivity index (χ0) is 14.4. The van der Waals surface area contributed by atoms with Gasteiger partial charge in [0, 0.05) is 24.9 Å². The Morgan fingerprint density at radius 3 is 2.15 bits per heavy atom. The van der Waals surface area contributed by atoms with Crippen LogP contribution in [0, 0.1) is 5.92 Å². The van der Waals surface area contributed by atoms with E-state index in [2.05, 4.69) is 16.0 Å². The topological polar surface area (TPSA) is 79.5 Å². The van der Waals surface area contributed by atoms with Gasteiger partial charge in [-0.25, -0.2) is 0 Å². The molecule has 0 aromatic heterocycles. The summed E-state index contributed by atoms with van der Waals surface area (Å²) in [6.45, 7) is 1.85. The highest BCUT2D eigenvalue weighted by Crippen LogP contribution is 2.15. The van der Waals surface area contributed by atoms with Gasteiger partial charge in [0.1, 0.15) is 6.61 Å². The number of hydrogen-bond donors (Lipinski definition) is 3. The highest BCUT2D eigenvalue weighted by atomic mass is 16.5. The van der Waals surface area contributed by atoms with Crippen molar-refractivity contribution in [2.75, 3.05) is 37.4 Å². The van der Waals surface area contributed by atoms with E-state index in [1.807, 2.05) is 0 Å². The van der Waals surface area contributed by atoms with E-state index in [0.717, 1.165) is 18.8 Å². The third-order valence-corrected chi connectivity index (χ3v) is 3.07. The minimum atomic E-state index is -0.207. The summed E-state index contributed by atoms with van der Waals surface area (Å²) < 4.78 is 4.73. The summed E-state index contributed by atoms with van der Waals surface area (Å²) in [4.78, 5) is 23.1. The number of anilines is 2. The lowest BCUT2D eigenvalue weighted by Gasteiger charge is -2.26. The lowest BCUT2D eigenvalue weighted by molar-refractivity contribution is -0.119. The molecule has 0 aliphatic carbocycles. The van der Waals surface area contributed by atoms with E-state index in [0.29, 0.717) is 18.0 Å². The van der Waals surface area contributed by atoms with Crippen LogP contribution in [-0.2, 0) is 14.3 Å². The van der Waals surface area contributed by atoms with Gasteiger partial charge < -0.3 is 20.7 Å². The molecule has 6 nitrogen and oxygen atoms in total. The molecule has 2 amide bonds. The van der Waals surface area contributed by atoms with Crippen molar-refractivity contribution in [3.05, 3.63) is 24.3 Å². The summed E-state index contributed by atoms with van der Waals surface area (Å²) in [5, 5.41) is 8.67. The van der Waals surface area contributed by atoms with Crippen molar-refractivity contribution in [1.82, 2.24) is 5.32 Å². The summed E-state index contributed by atoms with van der Waals surface area (Å²) in [5.74, 6) is 0.261. The molecule has 1 aromatic rings. The Morgan fingerprint density at radius 2 is 1.70 bits per heavy atom. The first-order valence-electron chi connectivity index (χ1n) is 6.57. The van der Waals surface area contributed by atoms with Crippen LogP contribution < -0.4 is 16.0 Å². The highest BCUT2D eigenvalue weighted by molar-refractivity contribution is 5.93. The predicted octanol–water partition coefficient (Wildman–Crippen LogP) is 0.819. The maximum Gasteiger partial charge on any atom is 0.250 e. The molecule has 2 rings (SSSR count). The van der Waals surface area contributed by atoms with Gasteiger partial charge in [-0.2, -0.15) is 0 Å². The average molecular weight is 277 g/mol. The normalized spacial score (nSPS) is 14.4. The minimum Gasteiger partial charge on any atom is -0.375 e. The third-order valence-electron chi connectivity index (χ3n) is 3.07. The zero-order valence-corrected chi connectivity index (χ0v) is 11.4. The van der Waals surface area contributed by atoms with E-state index in [9.17, 15) is 9.59 Å². The van der Waals surface area contributed by atoms with Crippen LogP contribution in [0.4, 0.5) is 11.4 Å².